The number of hydrogen-bond acceptors (Lipinski definition) is 12. The number of thiophene rings is 3. The van der Waals surface area contributed by atoms with Gasteiger partial charge in [0, 0.05) is 127 Å². The van der Waals surface area contributed by atoms with Gasteiger partial charge in [-0.1, -0.05) is 237 Å². The summed E-state index contributed by atoms with van der Waals surface area (Å²) in [7, 11) is 0. The first kappa shape index (κ1) is 61.2. The third kappa shape index (κ3) is 9.73. The zero-order valence-electron chi connectivity index (χ0n) is 57.5. The van der Waals surface area contributed by atoms with Gasteiger partial charge in [0.25, 0.3) is 0 Å². The minimum atomic E-state index is -0.291. The molecule has 3 unspecified atom stereocenters. The van der Waals surface area contributed by atoms with Crippen molar-refractivity contribution in [1.82, 2.24) is 29.9 Å². The van der Waals surface area contributed by atoms with Crippen molar-refractivity contribution < 1.29 is 13.9 Å². The van der Waals surface area contributed by atoms with Gasteiger partial charge in [-0.25, -0.2) is 29.9 Å². The molecule has 6 aromatic heterocycles. The van der Waals surface area contributed by atoms with Gasteiger partial charge in [0.1, 0.15) is 34.5 Å². The van der Waals surface area contributed by atoms with Gasteiger partial charge in [0.2, 0.25) is 0 Å². The minimum Gasteiger partial charge on any atom is -0.485 e. The lowest BCUT2D eigenvalue weighted by atomic mass is 9.77. The topological polar surface area (TPSA) is 109 Å². The Bertz CT molecular complexity index is 7190. The van der Waals surface area contributed by atoms with E-state index in [1.165, 1.54) is 55.1 Å². The van der Waals surface area contributed by atoms with E-state index >= 15 is 0 Å². The molecule has 0 N–H and O–H groups in total. The van der Waals surface area contributed by atoms with Gasteiger partial charge in [-0.2, -0.15) is 0 Å². The van der Waals surface area contributed by atoms with Crippen molar-refractivity contribution in [2.24, 2.45) is 0 Å². The molecule has 0 radical (unpaired) electrons. The zero-order chi connectivity index (χ0) is 70.7. The van der Waals surface area contributed by atoms with Crippen LogP contribution in [0.2, 0.25) is 0 Å². The molecule has 0 amide bonds. The number of fused-ring (bicyclic) bond motifs is 18. The number of hydrogen-bond donors (Lipinski definition) is 0. The Kier molecular flexibility index (Phi) is 13.7. The highest BCUT2D eigenvalue weighted by molar-refractivity contribution is 7.26. The molecule has 13 aromatic carbocycles. The molecule has 0 saturated heterocycles. The number of allylic oxidation sites excluding steroid dienone is 6. The third-order valence-corrected chi connectivity index (χ3v) is 25.4. The van der Waals surface area contributed by atoms with Crippen molar-refractivity contribution in [3.8, 4) is 102 Å². The Morgan fingerprint density at radius 2 is 0.806 bits per heavy atom. The summed E-state index contributed by atoms with van der Waals surface area (Å²) in [6.07, 6.45) is 9.50. The molecular weight excluding hydrogens is 1380 g/mol. The standard InChI is InChI=1S/C96H56N6O3S3/c1-3-18-53(19-4-1)54-38-40-56(41-39-54)92-99-94(70-30-17-37-81-85(70)68-24-9-12-35-79(68)106-81)102-96(101-92)89-64(47-49-77-87(89)67-23-7-10-31-73(67)103-77)65-27-13-28-66-72-50-57(44-48-74(72)105-90(65)66)58-42-46-69-83(51-58)108-80-36-16-26-62(84(69)80)63-25-14-32-75-86(63)88-71(29-15-33-76(88)104-75)95-98-91(55-20-5-2-6-21-55)97-93(100-95)59-43-45-61-60-22-8-11-34-78(60)107-82(61)52-59/h1-27,29-52,66,77,87H,28H2. The van der Waals surface area contributed by atoms with Crippen LogP contribution in [0.25, 0.3) is 178 Å². The Morgan fingerprint density at radius 1 is 0.315 bits per heavy atom. The average molecular weight is 1440 g/mol. The smallest absolute Gasteiger partial charge is 0.164 e. The number of para-hydroxylation sites is 1. The first-order valence-corrected chi connectivity index (χ1v) is 38.8. The summed E-state index contributed by atoms with van der Waals surface area (Å²) in [6.45, 7) is 0. The summed E-state index contributed by atoms with van der Waals surface area (Å²) in [5.74, 6) is 5.96. The molecular formula is C96H56N6O3S3. The molecule has 108 heavy (non-hydrogen) atoms. The number of nitrogens with zero attached hydrogens (tertiary/aromatic N) is 6. The SMILES string of the molecule is C1=CC(C2=C(c3nc(-c4ccc(-c5ccccc5)cc4)nc(-c4cccc5sc6ccccc6c45)n3)C3c4ccccc4OC3C=C2)=C2Oc3ccc(-c4ccc5c(c4)sc4cccc(-c6cccc7oc8cccc(-c9nc(-c%10ccccc%10)nc(-c%10ccc%11c(c%10)sc%10ccccc%10%11)n9)c8c67)c45)cc3C2C1. The van der Waals surface area contributed by atoms with E-state index in [2.05, 4.69) is 273 Å². The average Bonchev–Trinajstić information content (AvgIpc) is 1.54. The molecule has 9 nitrogen and oxygen atoms in total. The summed E-state index contributed by atoms with van der Waals surface area (Å²) in [5, 5.41) is 9.15. The molecule has 23 rings (SSSR count). The molecule has 0 saturated carbocycles. The Morgan fingerprint density at radius 3 is 1.59 bits per heavy atom. The Labute approximate surface area is 630 Å². The van der Waals surface area contributed by atoms with Crippen LogP contribution in [-0.4, -0.2) is 36.0 Å². The van der Waals surface area contributed by atoms with E-state index in [-0.39, 0.29) is 17.9 Å². The molecule has 0 fully saturated rings. The Balaban J connectivity index is 0.629. The maximum absolute atomic E-state index is 7.23. The summed E-state index contributed by atoms with van der Waals surface area (Å²) in [5.41, 5.74) is 18.1. The van der Waals surface area contributed by atoms with E-state index in [0.29, 0.717) is 34.9 Å². The summed E-state index contributed by atoms with van der Waals surface area (Å²) >= 11 is 5.41. The fourth-order valence-corrected chi connectivity index (χ4v) is 20.5. The van der Waals surface area contributed by atoms with Gasteiger partial charge in [0.05, 0.1) is 5.92 Å². The van der Waals surface area contributed by atoms with Gasteiger partial charge in [-0.3, -0.25) is 0 Å². The molecule has 19 aromatic rings. The second-order valence-corrected chi connectivity index (χ2v) is 31.3. The van der Waals surface area contributed by atoms with Crippen molar-refractivity contribution in [3.05, 3.63) is 343 Å². The van der Waals surface area contributed by atoms with Gasteiger partial charge >= 0.3 is 0 Å². The lowest BCUT2D eigenvalue weighted by Gasteiger charge is -2.28. The van der Waals surface area contributed by atoms with E-state index in [1.54, 1.807) is 22.7 Å². The number of rotatable bonds is 10. The largest absolute Gasteiger partial charge is 0.485 e. The monoisotopic (exact) mass is 1440 g/mol. The third-order valence-electron chi connectivity index (χ3n) is 22.0. The van der Waals surface area contributed by atoms with Crippen LogP contribution in [0.1, 0.15) is 35.2 Å². The van der Waals surface area contributed by atoms with Crippen molar-refractivity contribution in [2.45, 2.75) is 24.4 Å². The van der Waals surface area contributed by atoms with Crippen LogP contribution in [0.15, 0.2) is 331 Å². The molecule has 0 spiro atoms. The maximum atomic E-state index is 7.23. The maximum Gasteiger partial charge on any atom is 0.164 e. The molecule has 0 bridgehead atoms. The highest BCUT2D eigenvalue weighted by atomic mass is 32.1. The zero-order valence-corrected chi connectivity index (χ0v) is 60.0. The molecule has 2 aliphatic heterocycles. The van der Waals surface area contributed by atoms with Crippen LogP contribution >= 0.6 is 34.0 Å². The van der Waals surface area contributed by atoms with Crippen molar-refractivity contribution >= 4 is 122 Å². The summed E-state index contributed by atoms with van der Waals surface area (Å²) in [4.78, 5) is 32.5. The predicted molar refractivity (Wildman–Crippen MR) is 443 cm³/mol. The summed E-state index contributed by atoms with van der Waals surface area (Å²) < 4.78 is 28.2. The van der Waals surface area contributed by atoms with Gasteiger partial charge < -0.3 is 13.9 Å². The molecule has 3 atom stereocenters. The van der Waals surface area contributed by atoms with Crippen LogP contribution in [0.4, 0.5) is 0 Å². The first-order chi connectivity index (χ1) is 53.5. The molecule has 506 valence electrons. The van der Waals surface area contributed by atoms with Gasteiger partial charge in [0.15, 0.2) is 34.9 Å². The fraction of sp³-hybridized carbons (Fsp3) is 0.0417. The second kappa shape index (κ2) is 24.2. The normalized spacial score (nSPS) is 15.8. The number of furan rings is 1. The van der Waals surface area contributed by atoms with Crippen molar-refractivity contribution in [2.75, 3.05) is 0 Å². The van der Waals surface area contributed by atoms with Crippen LogP contribution < -0.4 is 9.47 Å². The predicted octanol–water partition coefficient (Wildman–Crippen LogP) is 25.7. The molecule has 2 aliphatic carbocycles. The minimum absolute atomic E-state index is 0.0393. The molecule has 8 heterocycles. The number of ether oxygens (including phenoxy) is 2. The van der Waals surface area contributed by atoms with E-state index in [4.69, 9.17) is 43.8 Å². The van der Waals surface area contributed by atoms with Crippen LogP contribution in [0, 0.1) is 0 Å². The van der Waals surface area contributed by atoms with Gasteiger partial charge in [-0.05, 0) is 118 Å². The van der Waals surface area contributed by atoms with Crippen molar-refractivity contribution in [1.29, 1.82) is 0 Å². The van der Waals surface area contributed by atoms with E-state index in [1.807, 2.05) is 47.7 Å². The summed E-state index contributed by atoms with van der Waals surface area (Å²) in [6, 6.07) is 101. The van der Waals surface area contributed by atoms with E-state index in [9.17, 15) is 0 Å². The second-order valence-electron chi connectivity index (χ2n) is 28.1. The number of benzene rings is 13. The molecule has 12 heteroatoms. The highest BCUT2D eigenvalue weighted by Crippen LogP contribution is 2.56. The lowest BCUT2D eigenvalue weighted by Crippen LogP contribution is -2.23. The van der Waals surface area contributed by atoms with Gasteiger partial charge in [-0.15, -0.1) is 34.0 Å². The highest BCUT2D eigenvalue weighted by Gasteiger charge is 2.43. The van der Waals surface area contributed by atoms with E-state index < -0.39 is 0 Å². The lowest BCUT2D eigenvalue weighted by molar-refractivity contribution is 0.271. The van der Waals surface area contributed by atoms with Crippen LogP contribution in [0.3, 0.4) is 0 Å². The first-order valence-electron chi connectivity index (χ1n) is 36.4. The van der Waals surface area contributed by atoms with E-state index in [0.717, 1.165) is 140 Å². The van der Waals surface area contributed by atoms with Crippen LogP contribution in [-0.2, 0) is 0 Å². The quantitative estimate of drug-likeness (QED) is 0.132. The van der Waals surface area contributed by atoms with Crippen molar-refractivity contribution in [3.63, 3.8) is 0 Å². The fourth-order valence-electron chi connectivity index (χ4n) is 17.0. The Hall–Kier alpha value is -13.1. The van der Waals surface area contributed by atoms with Crippen LogP contribution in [0.5, 0.6) is 11.5 Å². The number of aromatic nitrogens is 6. The molecule has 4 aliphatic rings.